The summed E-state index contributed by atoms with van der Waals surface area (Å²) >= 11 is 1.45. The number of rotatable bonds is 6. The molecule has 0 atom stereocenters. The first-order valence-corrected chi connectivity index (χ1v) is 10.9. The molecule has 1 aliphatic carbocycles. The Kier molecular flexibility index (Phi) is 7.35. The van der Waals surface area contributed by atoms with E-state index >= 15 is 0 Å². The fraction of sp³-hybridized carbons (Fsp3) is 0.364. The Labute approximate surface area is 178 Å². The first-order chi connectivity index (χ1) is 14.5. The summed E-state index contributed by atoms with van der Waals surface area (Å²) in [5, 5.41) is 14.1. The van der Waals surface area contributed by atoms with Crippen molar-refractivity contribution in [2.45, 2.75) is 45.4 Å². The highest BCUT2D eigenvalue weighted by molar-refractivity contribution is 7.17. The number of hydrogen-bond donors (Lipinski definition) is 1. The van der Waals surface area contributed by atoms with Crippen LogP contribution in [-0.2, 0) is 22.4 Å². The number of fused-ring (bicyclic) bond motifs is 1. The smallest absolute Gasteiger partial charge is 0.341 e. The quantitative estimate of drug-likeness (QED) is 0.297. The molecule has 1 aromatic heterocycles. The van der Waals surface area contributed by atoms with Gasteiger partial charge in [-0.3, -0.25) is 14.9 Å². The SMILES string of the molecule is CCOC(=O)c1c(NC(=O)C=Cc2ccc([N+](=O)[O-])cc2)sc2c1CCCCCC2. The van der Waals surface area contributed by atoms with Gasteiger partial charge in [-0.15, -0.1) is 11.3 Å². The van der Waals surface area contributed by atoms with Gasteiger partial charge in [0.15, 0.2) is 0 Å². The predicted molar refractivity (Wildman–Crippen MR) is 117 cm³/mol. The van der Waals surface area contributed by atoms with Gasteiger partial charge in [0.05, 0.1) is 17.1 Å². The molecule has 158 valence electrons. The van der Waals surface area contributed by atoms with E-state index in [0.29, 0.717) is 16.1 Å². The molecule has 8 heteroatoms. The number of hydrogen-bond acceptors (Lipinski definition) is 6. The zero-order valence-electron chi connectivity index (χ0n) is 16.8. The molecule has 3 rings (SSSR count). The molecule has 0 spiro atoms. The first kappa shape index (κ1) is 21.7. The van der Waals surface area contributed by atoms with Crippen LogP contribution in [0.2, 0.25) is 0 Å². The number of carbonyl (C=O) groups is 2. The lowest BCUT2D eigenvalue weighted by Gasteiger charge is -2.11. The van der Waals surface area contributed by atoms with Gasteiger partial charge in [0, 0.05) is 23.1 Å². The number of benzene rings is 1. The van der Waals surface area contributed by atoms with Crippen LogP contribution in [-0.4, -0.2) is 23.4 Å². The van der Waals surface area contributed by atoms with Crippen LogP contribution in [0, 0.1) is 10.1 Å². The number of carbonyl (C=O) groups excluding carboxylic acids is 2. The lowest BCUT2D eigenvalue weighted by Crippen LogP contribution is -2.13. The van der Waals surface area contributed by atoms with Gasteiger partial charge in [0.25, 0.3) is 5.69 Å². The van der Waals surface area contributed by atoms with E-state index in [1.165, 1.54) is 36.0 Å². The summed E-state index contributed by atoms with van der Waals surface area (Å²) in [5.74, 6) is -0.765. The third-order valence-electron chi connectivity index (χ3n) is 4.92. The van der Waals surface area contributed by atoms with Crippen molar-refractivity contribution in [1.82, 2.24) is 0 Å². The van der Waals surface area contributed by atoms with E-state index in [9.17, 15) is 19.7 Å². The summed E-state index contributed by atoms with van der Waals surface area (Å²) in [7, 11) is 0. The molecule has 1 heterocycles. The second kappa shape index (κ2) is 10.2. The minimum atomic E-state index is -0.472. The molecule has 0 bridgehead atoms. The number of non-ortho nitro benzene ring substituents is 1. The first-order valence-electron chi connectivity index (χ1n) is 10.0. The third-order valence-corrected chi connectivity index (χ3v) is 6.13. The predicted octanol–water partition coefficient (Wildman–Crippen LogP) is 5.14. The van der Waals surface area contributed by atoms with E-state index in [4.69, 9.17) is 4.74 Å². The fourth-order valence-electron chi connectivity index (χ4n) is 3.46. The molecule has 1 N–H and O–H groups in total. The van der Waals surface area contributed by atoms with Crippen molar-refractivity contribution in [3.05, 3.63) is 62.0 Å². The highest BCUT2D eigenvalue weighted by Gasteiger charge is 2.25. The normalized spacial score (nSPS) is 13.9. The molecule has 0 aliphatic heterocycles. The van der Waals surface area contributed by atoms with E-state index in [-0.39, 0.29) is 18.2 Å². The van der Waals surface area contributed by atoms with Gasteiger partial charge >= 0.3 is 5.97 Å². The molecule has 1 amide bonds. The zero-order chi connectivity index (χ0) is 21.5. The van der Waals surface area contributed by atoms with Gasteiger partial charge in [0.1, 0.15) is 5.00 Å². The maximum Gasteiger partial charge on any atom is 0.341 e. The molecular weight excluding hydrogens is 404 g/mol. The van der Waals surface area contributed by atoms with Gasteiger partial charge in [-0.2, -0.15) is 0 Å². The van der Waals surface area contributed by atoms with E-state index in [1.807, 2.05) is 0 Å². The standard InChI is InChI=1S/C22H24N2O5S/c1-2-29-22(26)20-17-7-5-3-4-6-8-18(17)30-21(20)23-19(25)14-11-15-9-12-16(13-10-15)24(27)28/h9-14H,2-8H2,1H3,(H,23,25). The average molecular weight is 429 g/mol. The van der Waals surface area contributed by atoms with Crippen molar-refractivity contribution >= 4 is 40.0 Å². The van der Waals surface area contributed by atoms with E-state index in [2.05, 4.69) is 5.32 Å². The van der Waals surface area contributed by atoms with Crippen LogP contribution in [0.4, 0.5) is 10.7 Å². The number of nitro groups is 1. The summed E-state index contributed by atoms with van der Waals surface area (Å²) in [6.07, 6.45) is 9.05. The summed E-state index contributed by atoms with van der Waals surface area (Å²) in [4.78, 5) is 36.5. The van der Waals surface area contributed by atoms with Crippen molar-refractivity contribution in [1.29, 1.82) is 0 Å². The van der Waals surface area contributed by atoms with Crippen LogP contribution in [0.25, 0.3) is 6.08 Å². The third kappa shape index (κ3) is 5.33. The van der Waals surface area contributed by atoms with Gasteiger partial charge < -0.3 is 10.1 Å². The maximum absolute atomic E-state index is 12.6. The number of nitro benzene ring substituents is 1. The van der Waals surface area contributed by atoms with Crippen LogP contribution in [0.1, 0.15) is 59.0 Å². The van der Waals surface area contributed by atoms with Crippen molar-refractivity contribution in [3.8, 4) is 0 Å². The molecule has 30 heavy (non-hydrogen) atoms. The van der Waals surface area contributed by atoms with E-state index < -0.39 is 10.9 Å². The number of anilines is 1. The monoisotopic (exact) mass is 428 g/mol. The van der Waals surface area contributed by atoms with Gasteiger partial charge in [-0.05, 0) is 61.9 Å². The Morgan fingerprint density at radius 3 is 2.53 bits per heavy atom. The van der Waals surface area contributed by atoms with E-state index in [0.717, 1.165) is 42.5 Å². The minimum Gasteiger partial charge on any atom is -0.462 e. The molecule has 0 unspecified atom stereocenters. The lowest BCUT2D eigenvalue weighted by molar-refractivity contribution is -0.384. The fourth-order valence-corrected chi connectivity index (χ4v) is 4.74. The zero-order valence-corrected chi connectivity index (χ0v) is 17.6. The maximum atomic E-state index is 12.6. The molecule has 1 aromatic carbocycles. The highest BCUT2D eigenvalue weighted by Crippen LogP contribution is 2.37. The van der Waals surface area contributed by atoms with Crippen molar-refractivity contribution in [2.75, 3.05) is 11.9 Å². The van der Waals surface area contributed by atoms with Crippen LogP contribution >= 0.6 is 11.3 Å². The molecule has 0 fully saturated rings. The molecule has 0 saturated carbocycles. The number of amides is 1. The Morgan fingerprint density at radius 2 is 1.87 bits per heavy atom. The Hall–Kier alpha value is -3.00. The number of aryl methyl sites for hydroxylation is 1. The Morgan fingerprint density at radius 1 is 1.17 bits per heavy atom. The lowest BCUT2D eigenvalue weighted by atomic mass is 9.96. The molecule has 1 aliphatic rings. The Bertz CT molecular complexity index is 963. The summed E-state index contributed by atoms with van der Waals surface area (Å²) < 4.78 is 5.25. The second-order valence-electron chi connectivity index (χ2n) is 7.01. The second-order valence-corrected chi connectivity index (χ2v) is 8.12. The highest BCUT2D eigenvalue weighted by atomic mass is 32.1. The topological polar surface area (TPSA) is 98.5 Å². The summed E-state index contributed by atoms with van der Waals surface area (Å²) in [6, 6.07) is 5.91. The van der Waals surface area contributed by atoms with Gasteiger partial charge in [-0.1, -0.05) is 12.8 Å². The number of nitrogens with one attached hydrogen (secondary N) is 1. The summed E-state index contributed by atoms with van der Waals surface area (Å²) in [6.45, 7) is 2.04. The molecule has 0 saturated heterocycles. The molecule has 0 radical (unpaired) electrons. The number of nitrogens with zero attached hydrogens (tertiary/aromatic N) is 1. The number of thiophene rings is 1. The van der Waals surface area contributed by atoms with Crippen molar-refractivity contribution in [2.24, 2.45) is 0 Å². The number of ether oxygens (including phenoxy) is 1. The van der Waals surface area contributed by atoms with E-state index in [1.54, 1.807) is 25.1 Å². The van der Waals surface area contributed by atoms with Crippen LogP contribution < -0.4 is 5.32 Å². The van der Waals surface area contributed by atoms with Gasteiger partial charge in [0.2, 0.25) is 5.91 Å². The van der Waals surface area contributed by atoms with Crippen LogP contribution in [0.5, 0.6) is 0 Å². The average Bonchev–Trinajstić information content (AvgIpc) is 3.03. The Balaban J connectivity index is 1.80. The van der Waals surface area contributed by atoms with Gasteiger partial charge in [-0.25, -0.2) is 4.79 Å². The molecule has 2 aromatic rings. The molecular formula is C22H24N2O5S. The van der Waals surface area contributed by atoms with Crippen molar-refractivity contribution < 1.29 is 19.2 Å². The van der Waals surface area contributed by atoms with Crippen molar-refractivity contribution in [3.63, 3.8) is 0 Å². The largest absolute Gasteiger partial charge is 0.462 e. The minimum absolute atomic E-state index is 0.00770. The number of esters is 1. The van der Waals surface area contributed by atoms with Crippen LogP contribution in [0.3, 0.4) is 0 Å². The van der Waals surface area contributed by atoms with Crippen LogP contribution in [0.15, 0.2) is 30.3 Å². The molecule has 7 nitrogen and oxygen atoms in total. The summed E-state index contributed by atoms with van der Waals surface area (Å²) in [5.41, 5.74) is 2.15.